The third-order valence-electron chi connectivity index (χ3n) is 12.3. The number of hydrogen-bond acceptors (Lipinski definition) is 35. The zero-order chi connectivity index (χ0) is 51.5. The normalized spacial score (nSPS) is 57.2. The highest BCUT2D eigenvalue weighted by Gasteiger charge is 2.58. The summed E-state index contributed by atoms with van der Waals surface area (Å²) in [5.74, 6) is 0. The Bertz CT molecular complexity index is 1660. The molecule has 0 aromatic heterocycles. The van der Waals surface area contributed by atoms with E-state index in [0.29, 0.717) is 0 Å². The fourth-order valence-electron chi connectivity index (χ4n) is 8.20. The lowest BCUT2D eigenvalue weighted by atomic mass is 10.00. The van der Waals surface area contributed by atoms with Gasteiger partial charge >= 0.3 is 0 Å². The van der Waals surface area contributed by atoms with Gasteiger partial charge in [0.15, 0.2) is 81.8 Å². The molecule has 35 heteroatoms. The summed E-state index contributed by atoms with van der Waals surface area (Å²) in [6.45, 7) is -0.485. The van der Waals surface area contributed by atoms with Crippen LogP contribution in [0.4, 0.5) is 0 Å². The van der Waals surface area contributed by atoms with Gasteiger partial charge in [-0.05, 0) is 0 Å². The minimum Gasteiger partial charge on any atom is -0.388 e. The van der Waals surface area contributed by atoms with E-state index < -0.39 is 217 Å². The number of ether oxygens (including phenoxy) is 13. The van der Waals surface area contributed by atoms with Crippen LogP contribution in [0.5, 0.6) is 0 Å². The molecular formula is C35H58O35. The average Bonchev–Trinajstić information content (AvgIpc) is 3.31. The zero-order valence-corrected chi connectivity index (χ0v) is 35.5. The standard InChI is InChI=1S/C35H58O35/c36-2-1-58-24(52)17(3(2)37)59-31-12(46)5(39)19(26(54)66-31)61-33-14(48)7(41)21(28(56)68-33)63-35-16(50)9(43)22(29(57)70-35)64-34-15(49)8(42)20(27(55)69-34)62-32-13(47)6(40)18(25(53)67-32)60-30-11(45)4(38)10(44)23(51)65-30/h2-57H,1H2. The Morgan fingerprint density at radius 2 is 0.429 bits per heavy atom. The van der Waals surface area contributed by atoms with Crippen molar-refractivity contribution in [2.75, 3.05) is 6.61 Å². The molecule has 0 radical (unpaired) electrons. The lowest BCUT2D eigenvalue weighted by molar-refractivity contribution is -0.432. The first-order chi connectivity index (χ1) is 32.8. The van der Waals surface area contributed by atoms with E-state index in [2.05, 4.69) is 0 Å². The largest absolute Gasteiger partial charge is 0.388 e. The van der Waals surface area contributed by atoms with Crippen molar-refractivity contribution in [1.82, 2.24) is 0 Å². The van der Waals surface area contributed by atoms with Crippen molar-refractivity contribution in [2.45, 2.75) is 210 Å². The molecule has 0 spiro atoms. The van der Waals surface area contributed by atoms with Gasteiger partial charge in [-0.3, -0.25) is 0 Å². The molecule has 0 saturated carbocycles. The predicted molar refractivity (Wildman–Crippen MR) is 197 cm³/mol. The van der Waals surface area contributed by atoms with Crippen LogP contribution in [0, 0.1) is 0 Å². The van der Waals surface area contributed by atoms with Crippen molar-refractivity contribution in [3.63, 3.8) is 0 Å². The topological polar surface area (TPSA) is 565 Å². The van der Waals surface area contributed by atoms with Crippen LogP contribution < -0.4 is 0 Å². The third-order valence-corrected chi connectivity index (χ3v) is 12.3. The molecule has 34 atom stereocenters. The van der Waals surface area contributed by atoms with Crippen LogP contribution >= 0.6 is 0 Å². The van der Waals surface area contributed by atoms with Gasteiger partial charge in [0.05, 0.1) is 6.61 Å². The minimum atomic E-state index is -2.39. The monoisotopic (exact) mass is 1040 g/mol. The SMILES string of the molecule is OC1COC(O)C(OC2OC(O)C(OC3OC(O)C(OC4OC(O)C(OC5OC(O)C(OC6OC(O)C(OC7OC(O)C(O)C(O)C7O)C(O)C6O)C(O)C5O)C(O)C4O)C(O)C3O)C(O)C2O)C1O. The van der Waals surface area contributed by atoms with Gasteiger partial charge in [-0.15, -0.1) is 0 Å². The van der Waals surface area contributed by atoms with Crippen LogP contribution in [-0.4, -0.2) is 329 Å². The summed E-state index contributed by atoms with van der Waals surface area (Å²) in [6.07, 6.45) is -72.5. The Labute approximate surface area is 390 Å². The highest BCUT2D eigenvalue weighted by molar-refractivity contribution is 4.96. The van der Waals surface area contributed by atoms with E-state index in [4.69, 9.17) is 61.6 Å². The molecule has 7 saturated heterocycles. The molecule has 0 aliphatic carbocycles. The van der Waals surface area contributed by atoms with Crippen LogP contribution in [0.2, 0.25) is 0 Å². The maximum Gasteiger partial charge on any atom is 0.189 e. The van der Waals surface area contributed by atoms with E-state index >= 15 is 0 Å². The molecule has 0 bridgehead atoms. The summed E-state index contributed by atoms with van der Waals surface area (Å²) in [7, 11) is 0. The maximum absolute atomic E-state index is 10.9. The first kappa shape index (κ1) is 56.3. The summed E-state index contributed by atoms with van der Waals surface area (Å²) in [4.78, 5) is 0. The van der Waals surface area contributed by atoms with Crippen molar-refractivity contribution in [1.29, 1.82) is 0 Å². The summed E-state index contributed by atoms with van der Waals surface area (Å²) in [5, 5.41) is 231. The van der Waals surface area contributed by atoms with Crippen LogP contribution in [0.15, 0.2) is 0 Å². The Morgan fingerprint density at radius 3 is 0.686 bits per heavy atom. The van der Waals surface area contributed by atoms with E-state index in [-0.39, 0.29) is 0 Å². The molecule has 0 amide bonds. The third kappa shape index (κ3) is 11.3. The zero-order valence-electron chi connectivity index (χ0n) is 35.5. The summed E-state index contributed by atoms with van der Waals surface area (Å²) >= 11 is 0. The van der Waals surface area contributed by atoms with Crippen molar-refractivity contribution < 1.29 is 174 Å². The molecule has 408 valence electrons. The van der Waals surface area contributed by atoms with Gasteiger partial charge < -0.3 is 174 Å². The lowest BCUT2D eigenvalue weighted by Crippen LogP contribution is -2.67. The molecule has 0 aromatic carbocycles. The molecule has 34 unspecified atom stereocenters. The van der Waals surface area contributed by atoms with E-state index in [1.807, 2.05) is 0 Å². The quantitative estimate of drug-likeness (QED) is 0.0863. The lowest BCUT2D eigenvalue weighted by Gasteiger charge is -2.48. The molecule has 35 nitrogen and oxygen atoms in total. The predicted octanol–water partition coefficient (Wildman–Crippen LogP) is -15.9. The molecule has 0 aromatic rings. The molecule has 70 heavy (non-hydrogen) atoms. The summed E-state index contributed by atoms with van der Waals surface area (Å²) in [6, 6.07) is 0. The van der Waals surface area contributed by atoms with Crippen molar-refractivity contribution in [3.05, 3.63) is 0 Å². The smallest absolute Gasteiger partial charge is 0.189 e. The molecule has 7 heterocycles. The number of aliphatic hydroxyl groups is 22. The van der Waals surface area contributed by atoms with Gasteiger partial charge in [0.2, 0.25) is 0 Å². The van der Waals surface area contributed by atoms with Gasteiger partial charge in [-0.25, -0.2) is 0 Å². The van der Waals surface area contributed by atoms with Crippen molar-refractivity contribution >= 4 is 0 Å². The fraction of sp³-hybridized carbons (Fsp3) is 1.00. The van der Waals surface area contributed by atoms with E-state index in [0.717, 1.165) is 0 Å². The highest BCUT2D eigenvalue weighted by Crippen LogP contribution is 2.36. The van der Waals surface area contributed by atoms with Gasteiger partial charge in [0.1, 0.15) is 128 Å². The number of hydrogen-bond donors (Lipinski definition) is 22. The summed E-state index contributed by atoms with van der Waals surface area (Å²) < 4.78 is 66.8. The van der Waals surface area contributed by atoms with Gasteiger partial charge in [-0.2, -0.15) is 0 Å². The first-order valence-corrected chi connectivity index (χ1v) is 21.3. The number of aliphatic hydroxyl groups excluding tert-OH is 22. The van der Waals surface area contributed by atoms with Crippen LogP contribution in [0.25, 0.3) is 0 Å². The van der Waals surface area contributed by atoms with Crippen LogP contribution in [0.3, 0.4) is 0 Å². The van der Waals surface area contributed by atoms with Crippen LogP contribution in [-0.2, 0) is 61.6 Å². The van der Waals surface area contributed by atoms with Gasteiger partial charge in [0, 0.05) is 0 Å². The Kier molecular flexibility index (Phi) is 18.4. The molecule has 7 rings (SSSR count). The Morgan fingerprint density at radius 1 is 0.214 bits per heavy atom. The molecule has 7 aliphatic heterocycles. The fourth-order valence-corrected chi connectivity index (χ4v) is 8.20. The van der Waals surface area contributed by atoms with E-state index in [1.54, 1.807) is 0 Å². The Hall–Kier alpha value is -1.40. The second-order valence-corrected chi connectivity index (χ2v) is 17.1. The number of rotatable bonds is 12. The van der Waals surface area contributed by atoms with Crippen molar-refractivity contribution in [2.24, 2.45) is 0 Å². The average molecular weight is 1040 g/mol. The highest BCUT2D eigenvalue weighted by atomic mass is 16.8. The minimum absolute atomic E-state index is 0.485. The second kappa shape index (κ2) is 22.8. The molecule has 7 fully saturated rings. The molecule has 7 aliphatic rings. The van der Waals surface area contributed by atoms with Gasteiger partial charge in [0.25, 0.3) is 0 Å². The maximum atomic E-state index is 10.9. The second-order valence-electron chi connectivity index (χ2n) is 17.1. The first-order valence-electron chi connectivity index (χ1n) is 21.3. The van der Waals surface area contributed by atoms with E-state index in [9.17, 15) is 112 Å². The van der Waals surface area contributed by atoms with Crippen molar-refractivity contribution in [3.8, 4) is 0 Å². The molecular weight excluding hydrogens is 980 g/mol. The van der Waals surface area contributed by atoms with E-state index in [1.165, 1.54) is 0 Å². The summed E-state index contributed by atoms with van der Waals surface area (Å²) in [5.41, 5.74) is 0. The van der Waals surface area contributed by atoms with Crippen LogP contribution in [0.1, 0.15) is 0 Å². The molecule has 22 N–H and O–H groups in total. The Balaban J connectivity index is 0.893. The van der Waals surface area contributed by atoms with Gasteiger partial charge in [-0.1, -0.05) is 0 Å².